The lowest BCUT2D eigenvalue weighted by atomic mass is 10.2. The maximum Gasteiger partial charge on any atom is 0.251 e. The molecule has 0 heterocycles. The molecule has 2 aromatic carbocycles. The van der Waals surface area contributed by atoms with E-state index in [1.54, 1.807) is 0 Å². The van der Waals surface area contributed by atoms with Crippen LogP contribution in [0, 0.1) is 11.6 Å². The van der Waals surface area contributed by atoms with Crippen molar-refractivity contribution < 1.29 is 18.4 Å². The number of hydrogen-bond acceptors (Lipinski definition) is 2. The van der Waals surface area contributed by atoms with E-state index in [0.29, 0.717) is 11.3 Å². The van der Waals surface area contributed by atoms with Gasteiger partial charge in [0.1, 0.15) is 11.6 Å². The van der Waals surface area contributed by atoms with E-state index in [2.05, 4.69) is 5.32 Å². The van der Waals surface area contributed by atoms with Gasteiger partial charge in [0.2, 0.25) is 5.91 Å². The molecule has 0 bridgehead atoms. The Hall–Kier alpha value is -2.47. The van der Waals surface area contributed by atoms with E-state index in [4.69, 9.17) is 11.6 Å². The molecule has 4 nitrogen and oxygen atoms in total. The highest BCUT2D eigenvalue weighted by molar-refractivity contribution is 6.31. The molecular weight excluding hydrogens is 338 g/mol. The Labute approximate surface area is 143 Å². The lowest BCUT2D eigenvalue weighted by Crippen LogP contribution is -2.37. The topological polar surface area (TPSA) is 49.4 Å². The lowest BCUT2D eigenvalue weighted by Gasteiger charge is -2.21. The summed E-state index contributed by atoms with van der Waals surface area (Å²) in [5.74, 6) is -1.65. The average Bonchev–Trinajstić information content (AvgIpc) is 2.54. The largest absolute Gasteiger partial charge is 0.350 e. The van der Waals surface area contributed by atoms with Crippen molar-refractivity contribution in [2.45, 2.75) is 6.92 Å². The third-order valence-corrected chi connectivity index (χ3v) is 3.61. The molecule has 0 spiro atoms. The van der Waals surface area contributed by atoms with Crippen molar-refractivity contribution in [3.05, 3.63) is 64.7 Å². The Kier molecular flexibility index (Phi) is 5.87. The van der Waals surface area contributed by atoms with Gasteiger partial charge in [0.25, 0.3) is 5.91 Å². The molecule has 2 amide bonds. The first-order valence-corrected chi connectivity index (χ1v) is 7.53. The summed E-state index contributed by atoms with van der Waals surface area (Å²) < 4.78 is 26.1. The first-order valence-electron chi connectivity index (χ1n) is 7.15. The minimum atomic E-state index is -0.575. The molecule has 0 radical (unpaired) electrons. The van der Waals surface area contributed by atoms with Gasteiger partial charge in [-0.3, -0.25) is 9.59 Å². The van der Waals surface area contributed by atoms with Gasteiger partial charge in [-0.2, -0.15) is 0 Å². The van der Waals surface area contributed by atoms with Crippen LogP contribution in [0.1, 0.15) is 17.3 Å². The van der Waals surface area contributed by atoms with Crippen molar-refractivity contribution in [1.82, 2.24) is 5.32 Å². The van der Waals surface area contributed by atoms with Crippen LogP contribution in [0.25, 0.3) is 0 Å². The maximum absolute atomic E-state index is 13.2. The van der Waals surface area contributed by atoms with Crippen molar-refractivity contribution >= 4 is 29.1 Å². The zero-order valence-electron chi connectivity index (χ0n) is 12.9. The number of nitrogens with one attached hydrogen (secondary N) is 1. The normalized spacial score (nSPS) is 10.3. The van der Waals surface area contributed by atoms with Gasteiger partial charge < -0.3 is 10.2 Å². The number of halogens is 3. The van der Waals surface area contributed by atoms with Crippen molar-refractivity contribution in [1.29, 1.82) is 0 Å². The number of nitrogens with zero attached hydrogens (tertiary/aromatic N) is 1. The third-order valence-electron chi connectivity index (χ3n) is 3.32. The van der Waals surface area contributed by atoms with Gasteiger partial charge in [-0.1, -0.05) is 11.6 Å². The van der Waals surface area contributed by atoms with E-state index < -0.39 is 11.6 Å². The summed E-state index contributed by atoms with van der Waals surface area (Å²) in [7, 11) is 0. The summed E-state index contributed by atoms with van der Waals surface area (Å²) in [6, 6.07) is 9.07. The maximum atomic E-state index is 13.2. The standard InChI is InChI=1S/C17H15ClF2N2O2/c1-11(23)22(14-6-7-16(20)15(18)10-14)9-8-21-17(24)12-2-4-13(19)5-3-12/h2-7,10H,8-9H2,1H3,(H,21,24). The number of hydrogen-bond donors (Lipinski definition) is 1. The van der Waals surface area contributed by atoms with Gasteiger partial charge >= 0.3 is 0 Å². The van der Waals surface area contributed by atoms with Crippen LogP contribution in [0.15, 0.2) is 42.5 Å². The van der Waals surface area contributed by atoms with Crippen LogP contribution in [-0.2, 0) is 4.79 Å². The summed E-state index contributed by atoms with van der Waals surface area (Å²) in [5, 5.41) is 2.55. The second-order valence-corrected chi connectivity index (χ2v) is 5.44. The molecule has 0 aliphatic heterocycles. The number of benzene rings is 2. The average molecular weight is 353 g/mol. The van der Waals surface area contributed by atoms with Crippen LogP contribution < -0.4 is 10.2 Å². The fraction of sp³-hybridized carbons (Fsp3) is 0.176. The van der Waals surface area contributed by atoms with Crippen molar-refractivity contribution in [2.75, 3.05) is 18.0 Å². The van der Waals surface area contributed by atoms with Crippen LogP contribution >= 0.6 is 11.6 Å². The van der Waals surface area contributed by atoms with E-state index in [9.17, 15) is 18.4 Å². The minimum Gasteiger partial charge on any atom is -0.350 e. The van der Waals surface area contributed by atoms with Gasteiger partial charge in [-0.25, -0.2) is 8.78 Å². The highest BCUT2D eigenvalue weighted by Crippen LogP contribution is 2.22. The van der Waals surface area contributed by atoms with Gasteiger partial charge in [-0.15, -0.1) is 0 Å². The highest BCUT2D eigenvalue weighted by Gasteiger charge is 2.14. The number of carbonyl (C=O) groups is 2. The van der Waals surface area contributed by atoms with Crippen LogP contribution in [-0.4, -0.2) is 24.9 Å². The summed E-state index contributed by atoms with van der Waals surface area (Å²) in [4.78, 5) is 25.1. The highest BCUT2D eigenvalue weighted by atomic mass is 35.5. The Morgan fingerprint density at radius 1 is 1.12 bits per heavy atom. The molecule has 2 rings (SSSR count). The molecule has 0 fully saturated rings. The van der Waals surface area contributed by atoms with Crippen molar-refractivity contribution in [2.24, 2.45) is 0 Å². The molecule has 0 atom stereocenters. The summed E-state index contributed by atoms with van der Waals surface area (Å²) in [5.41, 5.74) is 0.750. The van der Waals surface area contributed by atoms with E-state index in [0.717, 1.165) is 0 Å². The second kappa shape index (κ2) is 7.88. The predicted molar refractivity (Wildman–Crippen MR) is 88.2 cm³/mol. The van der Waals surface area contributed by atoms with E-state index >= 15 is 0 Å². The monoisotopic (exact) mass is 352 g/mol. The molecule has 7 heteroatoms. The molecule has 0 aliphatic carbocycles. The number of amides is 2. The molecule has 1 N–H and O–H groups in total. The SMILES string of the molecule is CC(=O)N(CCNC(=O)c1ccc(F)cc1)c1ccc(F)c(Cl)c1. The smallest absolute Gasteiger partial charge is 0.251 e. The quantitative estimate of drug-likeness (QED) is 0.896. The lowest BCUT2D eigenvalue weighted by molar-refractivity contribution is -0.116. The molecule has 24 heavy (non-hydrogen) atoms. The molecule has 0 aliphatic rings. The van der Waals surface area contributed by atoms with Gasteiger partial charge in [0, 0.05) is 31.3 Å². The Balaban J connectivity index is 1.99. The fourth-order valence-corrected chi connectivity index (χ4v) is 2.28. The van der Waals surface area contributed by atoms with E-state index in [-0.39, 0.29) is 29.9 Å². The molecule has 0 saturated heterocycles. The Bertz CT molecular complexity index is 751. The van der Waals surface area contributed by atoms with Crippen LogP contribution in [0.4, 0.5) is 14.5 Å². The molecule has 0 aromatic heterocycles. The van der Waals surface area contributed by atoms with E-state index in [1.807, 2.05) is 0 Å². The summed E-state index contributed by atoms with van der Waals surface area (Å²) in [6.07, 6.45) is 0. The number of anilines is 1. The van der Waals surface area contributed by atoms with Gasteiger partial charge in [-0.05, 0) is 42.5 Å². The van der Waals surface area contributed by atoms with Crippen LogP contribution in [0.2, 0.25) is 5.02 Å². The summed E-state index contributed by atoms with van der Waals surface area (Å²) in [6.45, 7) is 1.72. The van der Waals surface area contributed by atoms with Crippen LogP contribution in [0.3, 0.4) is 0 Å². The zero-order chi connectivity index (χ0) is 17.7. The van der Waals surface area contributed by atoms with Crippen molar-refractivity contribution in [3.8, 4) is 0 Å². The van der Waals surface area contributed by atoms with Crippen molar-refractivity contribution in [3.63, 3.8) is 0 Å². The van der Waals surface area contributed by atoms with Gasteiger partial charge in [0.15, 0.2) is 0 Å². The first-order chi connectivity index (χ1) is 11.4. The molecule has 2 aromatic rings. The molecule has 126 valence electrons. The predicted octanol–water partition coefficient (Wildman–Crippen LogP) is 3.40. The molecule has 0 saturated carbocycles. The summed E-state index contributed by atoms with van der Waals surface area (Å²) >= 11 is 5.73. The van der Waals surface area contributed by atoms with Crippen LogP contribution in [0.5, 0.6) is 0 Å². The number of carbonyl (C=O) groups excluding carboxylic acids is 2. The fourth-order valence-electron chi connectivity index (χ4n) is 2.11. The molecular formula is C17H15ClF2N2O2. The first kappa shape index (κ1) is 17.9. The van der Waals surface area contributed by atoms with Gasteiger partial charge in [0.05, 0.1) is 5.02 Å². The Morgan fingerprint density at radius 2 is 1.79 bits per heavy atom. The number of rotatable bonds is 5. The minimum absolute atomic E-state index is 0.0888. The zero-order valence-corrected chi connectivity index (χ0v) is 13.6. The second-order valence-electron chi connectivity index (χ2n) is 5.03. The molecule has 0 unspecified atom stereocenters. The Morgan fingerprint density at radius 3 is 2.38 bits per heavy atom. The van der Waals surface area contributed by atoms with E-state index in [1.165, 1.54) is 54.3 Å². The third kappa shape index (κ3) is 4.52.